The maximum Gasteiger partial charge on any atom is 0.251 e. The quantitative estimate of drug-likeness (QED) is 0.851. The van der Waals surface area contributed by atoms with Crippen LogP contribution in [-0.2, 0) is 0 Å². The van der Waals surface area contributed by atoms with Crippen molar-refractivity contribution in [2.24, 2.45) is 5.73 Å². The molecule has 1 aromatic carbocycles. The topological polar surface area (TPSA) is 55.1 Å². The molecule has 0 spiro atoms. The molecule has 1 atom stereocenters. The summed E-state index contributed by atoms with van der Waals surface area (Å²) in [6, 6.07) is 3.85. The van der Waals surface area contributed by atoms with Gasteiger partial charge >= 0.3 is 0 Å². The first-order valence-corrected chi connectivity index (χ1v) is 5.42. The molecule has 1 rings (SSSR count). The van der Waals surface area contributed by atoms with E-state index in [1.165, 1.54) is 12.1 Å². The summed E-state index contributed by atoms with van der Waals surface area (Å²) in [6.45, 7) is 2.28. The van der Waals surface area contributed by atoms with Crippen molar-refractivity contribution in [2.45, 2.75) is 19.4 Å². The highest BCUT2D eigenvalue weighted by molar-refractivity contribution is 6.30. The smallest absolute Gasteiger partial charge is 0.251 e. The van der Waals surface area contributed by atoms with Gasteiger partial charge in [0, 0.05) is 18.2 Å². The zero-order valence-corrected chi connectivity index (χ0v) is 9.72. The Morgan fingerprint density at radius 2 is 2.31 bits per heavy atom. The number of hydrogen-bond donors (Lipinski definition) is 2. The van der Waals surface area contributed by atoms with Crippen molar-refractivity contribution in [1.29, 1.82) is 0 Å². The second-order valence-electron chi connectivity index (χ2n) is 3.44. The molecule has 3 nitrogen and oxygen atoms in total. The van der Waals surface area contributed by atoms with Gasteiger partial charge in [-0.05, 0) is 24.6 Å². The minimum atomic E-state index is -0.602. The van der Waals surface area contributed by atoms with Crippen molar-refractivity contribution < 1.29 is 9.18 Å². The van der Waals surface area contributed by atoms with Crippen molar-refractivity contribution in [3.63, 3.8) is 0 Å². The van der Waals surface area contributed by atoms with E-state index in [-0.39, 0.29) is 22.5 Å². The highest BCUT2D eigenvalue weighted by Gasteiger charge is 2.12. The van der Waals surface area contributed by atoms with Gasteiger partial charge in [0.1, 0.15) is 5.82 Å². The van der Waals surface area contributed by atoms with Crippen LogP contribution in [0.25, 0.3) is 0 Å². The molecule has 3 N–H and O–H groups in total. The fourth-order valence-electron chi connectivity index (χ4n) is 1.23. The predicted octanol–water partition coefficient (Wildman–Crippen LogP) is 1.95. The predicted molar refractivity (Wildman–Crippen MR) is 62.0 cm³/mol. The molecule has 1 aromatic rings. The van der Waals surface area contributed by atoms with Gasteiger partial charge in [-0.1, -0.05) is 18.5 Å². The summed E-state index contributed by atoms with van der Waals surface area (Å²) in [5.74, 6) is -0.942. The van der Waals surface area contributed by atoms with Crippen LogP contribution in [0.5, 0.6) is 0 Å². The van der Waals surface area contributed by atoms with Crippen LogP contribution in [0, 0.1) is 5.82 Å². The highest BCUT2D eigenvalue weighted by Crippen LogP contribution is 2.15. The van der Waals surface area contributed by atoms with Crippen molar-refractivity contribution in [2.75, 3.05) is 6.54 Å². The Morgan fingerprint density at radius 3 is 2.81 bits per heavy atom. The standard InChI is InChI=1S/C11H14ClFN2O/c1-2-8(6-14)15-11(16)7-3-4-9(12)10(13)5-7/h3-5,8H,2,6,14H2,1H3,(H,15,16). The average Bonchev–Trinajstić information content (AvgIpc) is 2.29. The number of amides is 1. The summed E-state index contributed by atoms with van der Waals surface area (Å²) in [5, 5.41) is 2.71. The molecule has 88 valence electrons. The highest BCUT2D eigenvalue weighted by atomic mass is 35.5. The second-order valence-corrected chi connectivity index (χ2v) is 3.85. The molecule has 16 heavy (non-hydrogen) atoms. The molecule has 1 amide bonds. The van der Waals surface area contributed by atoms with Crippen LogP contribution in [0.1, 0.15) is 23.7 Å². The Bertz CT molecular complexity index is 380. The van der Waals surface area contributed by atoms with Crippen molar-refractivity contribution in [1.82, 2.24) is 5.32 Å². The van der Waals surface area contributed by atoms with Gasteiger partial charge in [-0.3, -0.25) is 4.79 Å². The number of benzene rings is 1. The van der Waals surface area contributed by atoms with Crippen LogP contribution in [0.2, 0.25) is 5.02 Å². The van der Waals surface area contributed by atoms with Crippen LogP contribution in [0.4, 0.5) is 4.39 Å². The lowest BCUT2D eigenvalue weighted by Crippen LogP contribution is -2.39. The number of hydrogen-bond acceptors (Lipinski definition) is 2. The molecular weight excluding hydrogens is 231 g/mol. The van der Waals surface area contributed by atoms with Gasteiger partial charge in [0.2, 0.25) is 0 Å². The van der Waals surface area contributed by atoms with E-state index < -0.39 is 5.82 Å². The van der Waals surface area contributed by atoms with E-state index in [1.807, 2.05) is 6.92 Å². The fraction of sp³-hybridized carbons (Fsp3) is 0.364. The van der Waals surface area contributed by atoms with Gasteiger partial charge in [0.15, 0.2) is 0 Å². The van der Waals surface area contributed by atoms with E-state index in [0.29, 0.717) is 6.54 Å². The van der Waals surface area contributed by atoms with Gasteiger partial charge in [0.25, 0.3) is 5.91 Å². The van der Waals surface area contributed by atoms with E-state index in [9.17, 15) is 9.18 Å². The first-order chi connectivity index (χ1) is 7.58. The number of carbonyl (C=O) groups is 1. The molecule has 0 saturated heterocycles. The lowest BCUT2D eigenvalue weighted by atomic mass is 10.1. The van der Waals surface area contributed by atoms with Crippen molar-refractivity contribution in [3.05, 3.63) is 34.6 Å². The third kappa shape index (κ3) is 3.18. The van der Waals surface area contributed by atoms with Gasteiger partial charge in [0.05, 0.1) is 5.02 Å². The Labute approximate surface area is 98.8 Å². The Balaban J connectivity index is 2.76. The van der Waals surface area contributed by atoms with E-state index >= 15 is 0 Å². The number of nitrogens with one attached hydrogen (secondary N) is 1. The molecule has 0 heterocycles. The maximum atomic E-state index is 13.1. The molecule has 0 aliphatic rings. The maximum absolute atomic E-state index is 13.1. The van der Waals surface area contributed by atoms with Crippen LogP contribution in [-0.4, -0.2) is 18.5 Å². The molecule has 0 saturated carbocycles. The molecule has 0 aliphatic heterocycles. The summed E-state index contributed by atoms with van der Waals surface area (Å²) in [6.07, 6.45) is 0.734. The van der Waals surface area contributed by atoms with Crippen molar-refractivity contribution >= 4 is 17.5 Å². The van der Waals surface area contributed by atoms with Gasteiger partial charge < -0.3 is 11.1 Å². The van der Waals surface area contributed by atoms with Gasteiger partial charge in [-0.15, -0.1) is 0 Å². The van der Waals surface area contributed by atoms with E-state index in [4.69, 9.17) is 17.3 Å². The van der Waals surface area contributed by atoms with Crippen LogP contribution in [0.3, 0.4) is 0 Å². The largest absolute Gasteiger partial charge is 0.348 e. The first-order valence-electron chi connectivity index (χ1n) is 5.04. The molecule has 0 aliphatic carbocycles. The van der Waals surface area contributed by atoms with Gasteiger partial charge in [-0.2, -0.15) is 0 Å². The number of carbonyl (C=O) groups excluding carboxylic acids is 1. The number of halogens is 2. The van der Waals surface area contributed by atoms with E-state index in [1.54, 1.807) is 0 Å². The Kier molecular flexibility index (Phi) is 4.71. The monoisotopic (exact) mass is 244 g/mol. The summed E-state index contributed by atoms with van der Waals surface area (Å²) < 4.78 is 13.1. The Hall–Kier alpha value is -1.13. The zero-order valence-electron chi connectivity index (χ0n) is 8.97. The molecule has 0 radical (unpaired) electrons. The lowest BCUT2D eigenvalue weighted by Gasteiger charge is -2.14. The van der Waals surface area contributed by atoms with Crippen molar-refractivity contribution in [3.8, 4) is 0 Å². The summed E-state index contributed by atoms with van der Waals surface area (Å²) in [7, 11) is 0. The third-order valence-corrected chi connectivity index (χ3v) is 2.60. The molecule has 5 heteroatoms. The molecular formula is C11H14ClFN2O. The normalized spacial score (nSPS) is 12.2. The van der Waals surface area contributed by atoms with Gasteiger partial charge in [-0.25, -0.2) is 4.39 Å². The summed E-state index contributed by atoms with van der Waals surface area (Å²) in [5.41, 5.74) is 5.70. The molecule has 0 fully saturated rings. The summed E-state index contributed by atoms with van der Waals surface area (Å²) >= 11 is 5.52. The van der Waals surface area contributed by atoms with Crippen LogP contribution >= 0.6 is 11.6 Å². The minimum Gasteiger partial charge on any atom is -0.348 e. The molecule has 1 unspecified atom stereocenters. The van der Waals surface area contributed by atoms with E-state index in [0.717, 1.165) is 12.5 Å². The molecule has 0 bridgehead atoms. The number of rotatable bonds is 4. The number of nitrogens with two attached hydrogens (primary N) is 1. The van der Waals surface area contributed by atoms with E-state index in [2.05, 4.69) is 5.32 Å². The average molecular weight is 245 g/mol. The minimum absolute atomic E-state index is 0.00224. The van der Waals surface area contributed by atoms with Crippen LogP contribution < -0.4 is 11.1 Å². The lowest BCUT2D eigenvalue weighted by molar-refractivity contribution is 0.0936. The third-order valence-electron chi connectivity index (χ3n) is 2.29. The zero-order chi connectivity index (χ0) is 12.1. The SMILES string of the molecule is CCC(CN)NC(=O)c1ccc(Cl)c(F)c1. The second kappa shape index (κ2) is 5.82. The van der Waals surface area contributed by atoms with Crippen LogP contribution in [0.15, 0.2) is 18.2 Å². The molecule has 0 aromatic heterocycles. The Morgan fingerprint density at radius 1 is 1.62 bits per heavy atom. The first kappa shape index (κ1) is 12.9. The summed E-state index contributed by atoms with van der Waals surface area (Å²) in [4.78, 5) is 11.7. The fourth-order valence-corrected chi connectivity index (χ4v) is 1.35.